The van der Waals surface area contributed by atoms with Crippen LogP contribution in [0.2, 0.25) is 0 Å². The number of amides is 1. The third-order valence-electron chi connectivity index (χ3n) is 4.33. The monoisotopic (exact) mass is 351 g/mol. The number of esters is 1. The number of carbonyl (C=O) groups is 2. The van der Waals surface area contributed by atoms with Crippen LogP contribution in [0.25, 0.3) is 6.08 Å². The highest BCUT2D eigenvalue weighted by Crippen LogP contribution is 2.18. The SMILES string of the molecule is COc1cccc(/C=C/C(=O)OCC(=O)N2CCc3ccccc3C2)c1. The molecule has 26 heavy (non-hydrogen) atoms. The minimum absolute atomic E-state index is 0.178. The lowest BCUT2D eigenvalue weighted by Crippen LogP contribution is -2.38. The fourth-order valence-electron chi connectivity index (χ4n) is 2.89. The molecule has 1 heterocycles. The van der Waals surface area contributed by atoms with Crippen LogP contribution in [-0.4, -0.2) is 37.0 Å². The molecule has 0 saturated carbocycles. The summed E-state index contributed by atoms with van der Waals surface area (Å²) in [5.74, 6) is -0.0118. The van der Waals surface area contributed by atoms with Gasteiger partial charge in [0.25, 0.3) is 5.91 Å². The number of ether oxygens (including phenoxy) is 2. The largest absolute Gasteiger partial charge is 0.497 e. The Labute approximate surface area is 152 Å². The summed E-state index contributed by atoms with van der Waals surface area (Å²) in [4.78, 5) is 25.8. The second kappa shape index (κ2) is 8.34. The molecule has 5 heteroatoms. The van der Waals surface area contributed by atoms with Crippen LogP contribution in [0, 0.1) is 0 Å². The quantitative estimate of drug-likeness (QED) is 0.614. The van der Waals surface area contributed by atoms with Crippen molar-refractivity contribution in [1.82, 2.24) is 4.90 Å². The van der Waals surface area contributed by atoms with E-state index in [1.165, 1.54) is 11.6 Å². The van der Waals surface area contributed by atoms with Crippen LogP contribution >= 0.6 is 0 Å². The van der Waals surface area contributed by atoms with E-state index in [1.807, 2.05) is 36.4 Å². The molecule has 5 nitrogen and oxygen atoms in total. The Kier molecular flexibility index (Phi) is 5.69. The first-order chi connectivity index (χ1) is 12.7. The summed E-state index contributed by atoms with van der Waals surface area (Å²) in [6, 6.07) is 15.4. The summed E-state index contributed by atoms with van der Waals surface area (Å²) < 4.78 is 10.2. The van der Waals surface area contributed by atoms with Crippen molar-refractivity contribution in [3.8, 4) is 5.75 Å². The Bertz CT molecular complexity index is 828. The van der Waals surface area contributed by atoms with Crippen molar-refractivity contribution in [2.24, 2.45) is 0 Å². The Morgan fingerprint density at radius 3 is 2.73 bits per heavy atom. The molecular formula is C21H21NO4. The van der Waals surface area contributed by atoms with Gasteiger partial charge in [0.15, 0.2) is 6.61 Å². The molecule has 0 atom stereocenters. The van der Waals surface area contributed by atoms with Crippen LogP contribution in [0.4, 0.5) is 0 Å². The summed E-state index contributed by atoms with van der Waals surface area (Å²) in [5, 5.41) is 0. The van der Waals surface area contributed by atoms with Gasteiger partial charge in [-0.3, -0.25) is 4.79 Å². The summed E-state index contributed by atoms with van der Waals surface area (Å²) in [7, 11) is 1.59. The summed E-state index contributed by atoms with van der Waals surface area (Å²) in [6.45, 7) is 0.961. The number of hydrogen-bond acceptors (Lipinski definition) is 4. The number of hydrogen-bond donors (Lipinski definition) is 0. The number of methoxy groups -OCH3 is 1. The van der Waals surface area contributed by atoms with Gasteiger partial charge in [-0.1, -0.05) is 36.4 Å². The molecule has 0 N–H and O–H groups in total. The lowest BCUT2D eigenvalue weighted by Gasteiger charge is -2.28. The van der Waals surface area contributed by atoms with Crippen molar-refractivity contribution < 1.29 is 19.1 Å². The van der Waals surface area contributed by atoms with Gasteiger partial charge in [0.2, 0.25) is 0 Å². The zero-order chi connectivity index (χ0) is 18.4. The Hall–Kier alpha value is -3.08. The minimum atomic E-state index is -0.543. The molecule has 0 unspecified atom stereocenters. The molecule has 2 aromatic rings. The van der Waals surface area contributed by atoms with Gasteiger partial charge < -0.3 is 14.4 Å². The molecule has 0 spiro atoms. The van der Waals surface area contributed by atoms with Gasteiger partial charge in [-0.05, 0) is 41.3 Å². The van der Waals surface area contributed by atoms with Crippen molar-refractivity contribution in [2.45, 2.75) is 13.0 Å². The molecule has 1 aliphatic rings. The van der Waals surface area contributed by atoms with Crippen molar-refractivity contribution in [3.05, 3.63) is 71.3 Å². The van der Waals surface area contributed by atoms with Crippen molar-refractivity contribution in [1.29, 1.82) is 0 Å². The van der Waals surface area contributed by atoms with Crippen LogP contribution in [0.1, 0.15) is 16.7 Å². The molecule has 0 aliphatic carbocycles. The van der Waals surface area contributed by atoms with E-state index in [2.05, 4.69) is 6.07 Å². The Balaban J connectivity index is 1.50. The first kappa shape index (κ1) is 17.7. The van der Waals surface area contributed by atoms with Gasteiger partial charge in [0.1, 0.15) is 5.75 Å². The van der Waals surface area contributed by atoms with Crippen molar-refractivity contribution in [3.63, 3.8) is 0 Å². The van der Waals surface area contributed by atoms with E-state index < -0.39 is 5.97 Å². The molecular weight excluding hydrogens is 330 g/mol. The molecule has 0 saturated heterocycles. The van der Waals surface area contributed by atoms with Crippen molar-refractivity contribution >= 4 is 18.0 Å². The van der Waals surface area contributed by atoms with E-state index in [0.29, 0.717) is 18.8 Å². The first-order valence-electron chi connectivity index (χ1n) is 8.49. The van der Waals surface area contributed by atoms with E-state index in [1.54, 1.807) is 24.2 Å². The van der Waals surface area contributed by atoms with Gasteiger partial charge in [-0.25, -0.2) is 4.79 Å². The summed E-state index contributed by atoms with van der Waals surface area (Å²) in [6.07, 6.45) is 3.77. The smallest absolute Gasteiger partial charge is 0.331 e. The second-order valence-corrected chi connectivity index (χ2v) is 6.05. The highest BCUT2D eigenvalue weighted by atomic mass is 16.5. The number of benzene rings is 2. The maximum absolute atomic E-state index is 12.3. The third-order valence-corrected chi connectivity index (χ3v) is 4.33. The third kappa shape index (κ3) is 4.51. The predicted octanol–water partition coefficient (Wildman–Crippen LogP) is 2.84. The molecule has 0 aromatic heterocycles. The maximum atomic E-state index is 12.3. The molecule has 134 valence electrons. The van der Waals surface area contributed by atoms with E-state index in [9.17, 15) is 9.59 Å². The predicted molar refractivity (Wildman–Crippen MR) is 98.6 cm³/mol. The number of nitrogens with zero attached hydrogens (tertiary/aromatic N) is 1. The van der Waals surface area contributed by atoms with Crippen LogP contribution in [-0.2, 0) is 27.3 Å². The number of rotatable bonds is 5. The average molecular weight is 351 g/mol. The van der Waals surface area contributed by atoms with Crippen LogP contribution in [0.5, 0.6) is 5.75 Å². The normalized spacial score (nSPS) is 13.3. The van der Waals surface area contributed by atoms with Crippen molar-refractivity contribution in [2.75, 3.05) is 20.3 Å². The van der Waals surface area contributed by atoms with E-state index in [0.717, 1.165) is 17.5 Å². The molecule has 0 radical (unpaired) electrons. The van der Waals surface area contributed by atoms with Gasteiger partial charge in [-0.15, -0.1) is 0 Å². The minimum Gasteiger partial charge on any atom is -0.497 e. The molecule has 1 amide bonds. The van der Waals surface area contributed by atoms with Gasteiger partial charge in [-0.2, -0.15) is 0 Å². The van der Waals surface area contributed by atoms with Gasteiger partial charge in [0.05, 0.1) is 7.11 Å². The molecule has 2 aromatic carbocycles. The Morgan fingerprint density at radius 2 is 1.92 bits per heavy atom. The molecule has 1 aliphatic heterocycles. The standard InChI is InChI=1S/C21H21NO4/c1-25-19-8-4-5-16(13-19)9-10-21(24)26-15-20(23)22-12-11-17-6-2-3-7-18(17)14-22/h2-10,13H,11-12,14-15H2,1H3/b10-9+. The van der Waals surface area contributed by atoms with Gasteiger partial charge >= 0.3 is 5.97 Å². The fourth-order valence-corrected chi connectivity index (χ4v) is 2.89. The molecule has 0 bridgehead atoms. The topological polar surface area (TPSA) is 55.8 Å². The highest BCUT2D eigenvalue weighted by molar-refractivity contribution is 5.89. The first-order valence-corrected chi connectivity index (χ1v) is 8.49. The van der Waals surface area contributed by atoms with Crippen LogP contribution in [0.15, 0.2) is 54.6 Å². The number of fused-ring (bicyclic) bond motifs is 1. The van der Waals surface area contributed by atoms with Crippen LogP contribution < -0.4 is 4.74 Å². The van der Waals surface area contributed by atoms with Gasteiger partial charge in [0, 0.05) is 19.2 Å². The Morgan fingerprint density at radius 1 is 1.12 bits per heavy atom. The zero-order valence-electron chi connectivity index (χ0n) is 14.7. The maximum Gasteiger partial charge on any atom is 0.331 e. The molecule has 3 rings (SSSR count). The lowest BCUT2D eigenvalue weighted by molar-refractivity contribution is -0.148. The highest BCUT2D eigenvalue weighted by Gasteiger charge is 2.20. The fraction of sp³-hybridized carbons (Fsp3) is 0.238. The zero-order valence-corrected chi connectivity index (χ0v) is 14.7. The number of carbonyl (C=O) groups excluding carboxylic acids is 2. The molecule has 0 fully saturated rings. The van der Waals surface area contributed by atoms with E-state index >= 15 is 0 Å². The van der Waals surface area contributed by atoms with E-state index in [-0.39, 0.29) is 12.5 Å². The van der Waals surface area contributed by atoms with E-state index in [4.69, 9.17) is 9.47 Å². The average Bonchev–Trinajstić information content (AvgIpc) is 2.70. The summed E-state index contributed by atoms with van der Waals surface area (Å²) >= 11 is 0. The van der Waals surface area contributed by atoms with Crippen LogP contribution in [0.3, 0.4) is 0 Å². The lowest BCUT2D eigenvalue weighted by atomic mass is 10.00. The summed E-state index contributed by atoms with van der Waals surface area (Å²) in [5.41, 5.74) is 3.24. The second-order valence-electron chi connectivity index (χ2n) is 6.05.